The van der Waals surface area contributed by atoms with Gasteiger partial charge in [0.15, 0.2) is 0 Å². The maximum atomic E-state index is 5.58. The molecule has 0 spiro atoms. The predicted octanol–water partition coefficient (Wildman–Crippen LogP) is 2.77. The van der Waals surface area contributed by atoms with Crippen LogP contribution in [-0.4, -0.2) is 12.0 Å². The second-order valence-electron chi connectivity index (χ2n) is 2.62. The monoisotopic (exact) mass is 217 g/mol. The maximum Gasteiger partial charge on any atom is 0.283 e. The van der Waals surface area contributed by atoms with Crippen molar-refractivity contribution >= 4 is 29.4 Å². The molecule has 1 unspecified atom stereocenters. The number of rotatable bonds is 1. The minimum Gasteiger partial charge on any atom is -0.467 e. The van der Waals surface area contributed by atoms with Gasteiger partial charge in [-0.1, -0.05) is 30.3 Å². The third-order valence-corrected chi connectivity index (χ3v) is 2.01. The lowest BCUT2D eigenvalue weighted by Crippen LogP contribution is -1.96. The van der Waals surface area contributed by atoms with Gasteiger partial charge in [0.25, 0.3) is 5.36 Å². The average Bonchev–Trinajstić information content (AvgIpc) is 2.54. The van der Waals surface area contributed by atoms with Crippen LogP contribution < -0.4 is 0 Å². The second-order valence-corrected chi connectivity index (χ2v) is 2.94. The van der Waals surface area contributed by atoms with Crippen molar-refractivity contribution in [3.05, 3.63) is 35.9 Å². The van der Waals surface area contributed by atoms with Crippen LogP contribution in [0.15, 0.2) is 35.3 Å². The topological polar surface area (TPSA) is 21.6 Å². The van der Waals surface area contributed by atoms with Crippen LogP contribution in [0.2, 0.25) is 0 Å². The summed E-state index contributed by atoms with van der Waals surface area (Å²) in [5.74, 6) is 0. The molecule has 1 heterocycles. The van der Waals surface area contributed by atoms with Crippen molar-refractivity contribution in [2.45, 2.75) is 6.04 Å². The van der Waals surface area contributed by atoms with Crippen LogP contribution in [0.1, 0.15) is 11.6 Å². The molecular formula is C9H9Cl2NO. The smallest absolute Gasteiger partial charge is 0.283 e. The highest BCUT2D eigenvalue weighted by Crippen LogP contribution is 2.23. The molecule has 2 nitrogen and oxygen atoms in total. The van der Waals surface area contributed by atoms with E-state index >= 15 is 0 Å². The van der Waals surface area contributed by atoms with E-state index in [1.165, 1.54) is 0 Å². The van der Waals surface area contributed by atoms with Gasteiger partial charge in [-0.05, 0) is 17.2 Å². The zero-order valence-corrected chi connectivity index (χ0v) is 8.39. The fourth-order valence-corrected chi connectivity index (χ4v) is 1.37. The molecule has 1 aliphatic rings. The Bertz CT molecular complexity index is 300. The molecule has 2 rings (SSSR count). The number of hydrogen-bond donors (Lipinski definition) is 0. The fraction of sp³-hybridized carbons (Fsp3) is 0.222. The Hall–Kier alpha value is -0.730. The molecule has 0 aromatic heterocycles. The molecule has 0 N–H and O–H groups in total. The molecule has 0 aliphatic carbocycles. The van der Waals surface area contributed by atoms with Crippen LogP contribution in [0, 0.1) is 0 Å². The van der Waals surface area contributed by atoms with Gasteiger partial charge in [0.2, 0.25) is 0 Å². The number of ether oxygens (including phenoxy) is 1. The van der Waals surface area contributed by atoms with Crippen molar-refractivity contribution < 1.29 is 4.74 Å². The molecule has 13 heavy (non-hydrogen) atoms. The third kappa shape index (κ3) is 2.36. The van der Waals surface area contributed by atoms with E-state index < -0.39 is 0 Å². The Morgan fingerprint density at radius 1 is 1.31 bits per heavy atom. The first-order chi connectivity index (χ1) is 5.86. The first-order valence-corrected chi connectivity index (χ1v) is 4.15. The Morgan fingerprint density at radius 3 is 2.54 bits per heavy atom. The standard InChI is InChI=1S/C9H8ClNO.ClH/c10-9-11-8(6-12-9)7-4-2-1-3-5-7;/h1-5,8H,6H2;1H. The molecule has 0 amide bonds. The highest BCUT2D eigenvalue weighted by Gasteiger charge is 2.18. The van der Waals surface area contributed by atoms with Crippen molar-refractivity contribution in [3.63, 3.8) is 0 Å². The molecule has 0 bridgehead atoms. The molecule has 4 heteroatoms. The lowest BCUT2D eigenvalue weighted by molar-refractivity contribution is 0.325. The van der Waals surface area contributed by atoms with E-state index in [9.17, 15) is 0 Å². The number of hydrogen-bond acceptors (Lipinski definition) is 2. The van der Waals surface area contributed by atoms with Gasteiger partial charge < -0.3 is 4.74 Å². The van der Waals surface area contributed by atoms with Gasteiger partial charge in [0.1, 0.15) is 12.6 Å². The van der Waals surface area contributed by atoms with E-state index in [1.807, 2.05) is 30.3 Å². The summed E-state index contributed by atoms with van der Waals surface area (Å²) < 4.78 is 5.04. The van der Waals surface area contributed by atoms with Crippen molar-refractivity contribution in [2.75, 3.05) is 6.61 Å². The average molecular weight is 218 g/mol. The first-order valence-electron chi connectivity index (χ1n) is 3.77. The molecule has 1 aromatic rings. The van der Waals surface area contributed by atoms with Gasteiger partial charge in [0.05, 0.1) is 0 Å². The summed E-state index contributed by atoms with van der Waals surface area (Å²) in [6.07, 6.45) is 0. The lowest BCUT2D eigenvalue weighted by atomic mass is 10.1. The van der Waals surface area contributed by atoms with Crippen molar-refractivity contribution in [1.82, 2.24) is 0 Å². The van der Waals surface area contributed by atoms with E-state index in [4.69, 9.17) is 16.3 Å². The highest BCUT2D eigenvalue weighted by molar-refractivity contribution is 6.63. The van der Waals surface area contributed by atoms with E-state index in [0.29, 0.717) is 6.61 Å². The maximum absolute atomic E-state index is 5.58. The lowest BCUT2D eigenvalue weighted by Gasteiger charge is -2.03. The zero-order valence-electron chi connectivity index (χ0n) is 6.81. The summed E-state index contributed by atoms with van der Waals surface area (Å²) in [5.41, 5.74) is 1.15. The third-order valence-electron chi connectivity index (χ3n) is 1.80. The first kappa shape index (κ1) is 10.4. The molecule has 1 aliphatic heterocycles. The number of halogens is 2. The van der Waals surface area contributed by atoms with Gasteiger partial charge in [-0.15, -0.1) is 12.4 Å². The molecule has 0 radical (unpaired) electrons. The van der Waals surface area contributed by atoms with E-state index in [-0.39, 0.29) is 23.8 Å². The molecule has 70 valence electrons. The summed E-state index contributed by atoms with van der Waals surface area (Å²) >= 11 is 5.58. The van der Waals surface area contributed by atoms with Gasteiger partial charge in [-0.25, -0.2) is 4.99 Å². The van der Waals surface area contributed by atoms with Crippen LogP contribution >= 0.6 is 24.0 Å². The second kappa shape index (κ2) is 4.49. The zero-order chi connectivity index (χ0) is 8.39. The van der Waals surface area contributed by atoms with Crippen LogP contribution in [0.3, 0.4) is 0 Å². The summed E-state index contributed by atoms with van der Waals surface area (Å²) in [6.45, 7) is 0.558. The van der Waals surface area contributed by atoms with E-state index in [0.717, 1.165) is 5.56 Å². The van der Waals surface area contributed by atoms with Gasteiger partial charge in [0, 0.05) is 0 Å². The number of aliphatic imine (C=N–C) groups is 1. The van der Waals surface area contributed by atoms with E-state index in [1.54, 1.807) is 0 Å². The molecule has 1 aromatic carbocycles. The molecule has 0 saturated heterocycles. The Labute approximate surface area is 88.0 Å². The molecule has 0 saturated carbocycles. The molecular weight excluding hydrogens is 209 g/mol. The summed E-state index contributed by atoms with van der Waals surface area (Å²) in [7, 11) is 0. The minimum atomic E-state index is 0. The Balaban J connectivity index is 0.000000845. The number of benzene rings is 1. The van der Waals surface area contributed by atoms with Crippen molar-refractivity contribution in [1.29, 1.82) is 0 Å². The predicted molar refractivity (Wildman–Crippen MR) is 55.7 cm³/mol. The largest absolute Gasteiger partial charge is 0.467 e. The quantitative estimate of drug-likeness (QED) is 0.710. The highest BCUT2D eigenvalue weighted by atomic mass is 35.5. The Kier molecular flexibility index (Phi) is 3.58. The molecule has 1 atom stereocenters. The van der Waals surface area contributed by atoms with Gasteiger partial charge in [-0.2, -0.15) is 0 Å². The van der Waals surface area contributed by atoms with Crippen LogP contribution in [0.5, 0.6) is 0 Å². The van der Waals surface area contributed by atoms with Gasteiger partial charge >= 0.3 is 0 Å². The van der Waals surface area contributed by atoms with Crippen LogP contribution in [0.4, 0.5) is 0 Å². The summed E-state index contributed by atoms with van der Waals surface area (Å²) in [5, 5.41) is 0.267. The Morgan fingerprint density at radius 2 is 2.00 bits per heavy atom. The van der Waals surface area contributed by atoms with Crippen molar-refractivity contribution in [2.24, 2.45) is 4.99 Å². The number of nitrogens with zero attached hydrogens (tertiary/aromatic N) is 1. The normalized spacial score (nSPS) is 20.1. The van der Waals surface area contributed by atoms with E-state index in [2.05, 4.69) is 4.99 Å². The van der Waals surface area contributed by atoms with Crippen LogP contribution in [-0.2, 0) is 4.74 Å². The van der Waals surface area contributed by atoms with Crippen molar-refractivity contribution in [3.8, 4) is 0 Å². The summed E-state index contributed by atoms with van der Waals surface area (Å²) in [4.78, 5) is 4.12. The van der Waals surface area contributed by atoms with Gasteiger partial charge in [-0.3, -0.25) is 0 Å². The fourth-order valence-electron chi connectivity index (χ4n) is 1.19. The minimum absolute atomic E-state index is 0. The summed E-state index contributed by atoms with van der Waals surface area (Å²) in [6, 6.07) is 10.1. The van der Waals surface area contributed by atoms with Crippen LogP contribution in [0.25, 0.3) is 0 Å². The molecule has 0 fully saturated rings. The SMILES string of the molecule is Cl.ClC1=NC(c2ccccc2)CO1.